The van der Waals surface area contributed by atoms with Crippen LogP contribution in [0.1, 0.15) is 61.2 Å². The molecule has 2 aromatic heterocycles. The van der Waals surface area contributed by atoms with Gasteiger partial charge in [-0.2, -0.15) is 0 Å². The van der Waals surface area contributed by atoms with E-state index in [4.69, 9.17) is 9.15 Å². The number of nitrogens with one attached hydrogen (secondary N) is 2. The number of carbonyl (C=O) groups is 4. The zero-order chi connectivity index (χ0) is 24.3. The van der Waals surface area contributed by atoms with Gasteiger partial charge in [-0.3, -0.25) is 24.2 Å². The van der Waals surface area contributed by atoms with E-state index in [0.717, 1.165) is 37.0 Å². The fraction of sp³-hybridized carbons (Fsp3) is 0.458. The third-order valence-electron chi connectivity index (χ3n) is 5.58. The van der Waals surface area contributed by atoms with Gasteiger partial charge < -0.3 is 24.7 Å². The average molecular weight is 471 g/mol. The monoisotopic (exact) mass is 470 g/mol. The Morgan fingerprint density at radius 1 is 1.18 bits per heavy atom. The smallest absolute Gasteiger partial charge is 0.325 e. The van der Waals surface area contributed by atoms with Gasteiger partial charge in [0.05, 0.1) is 19.4 Å². The second kappa shape index (κ2) is 12.5. The highest BCUT2D eigenvalue weighted by Gasteiger charge is 2.34. The molecular weight excluding hydrogens is 440 g/mol. The molecule has 3 rings (SSSR count). The van der Waals surface area contributed by atoms with Crippen molar-refractivity contribution in [2.45, 2.75) is 51.1 Å². The molecule has 0 aromatic carbocycles. The van der Waals surface area contributed by atoms with Gasteiger partial charge in [0.1, 0.15) is 12.6 Å². The highest BCUT2D eigenvalue weighted by Crippen LogP contribution is 2.23. The second-order valence-electron chi connectivity index (χ2n) is 8.02. The number of ether oxygens (including phenoxy) is 1. The molecule has 1 aliphatic rings. The van der Waals surface area contributed by atoms with Crippen LogP contribution in [0.25, 0.3) is 0 Å². The quantitative estimate of drug-likeness (QED) is 0.508. The number of hydrogen-bond donors (Lipinski definition) is 2. The Balaban J connectivity index is 1.83. The highest BCUT2D eigenvalue weighted by atomic mass is 16.5. The van der Waals surface area contributed by atoms with Gasteiger partial charge >= 0.3 is 5.97 Å². The third kappa shape index (κ3) is 6.90. The van der Waals surface area contributed by atoms with E-state index in [-0.39, 0.29) is 18.4 Å². The number of nitrogens with zero attached hydrogens (tertiary/aromatic N) is 2. The number of hydrogen-bond acceptors (Lipinski definition) is 7. The molecule has 0 spiro atoms. The van der Waals surface area contributed by atoms with Crippen LogP contribution in [0.3, 0.4) is 0 Å². The average Bonchev–Trinajstić information content (AvgIpc) is 3.39. The van der Waals surface area contributed by atoms with E-state index >= 15 is 0 Å². The van der Waals surface area contributed by atoms with Crippen molar-refractivity contribution in [2.75, 3.05) is 19.7 Å². The molecule has 2 aromatic rings. The van der Waals surface area contributed by atoms with Crippen LogP contribution in [-0.2, 0) is 19.1 Å². The fourth-order valence-electron chi connectivity index (χ4n) is 3.96. The van der Waals surface area contributed by atoms with Crippen molar-refractivity contribution < 1.29 is 28.3 Å². The van der Waals surface area contributed by atoms with Gasteiger partial charge in [-0.05, 0) is 38.0 Å². The van der Waals surface area contributed by atoms with E-state index in [0.29, 0.717) is 5.56 Å². The maximum Gasteiger partial charge on any atom is 0.325 e. The summed E-state index contributed by atoms with van der Waals surface area (Å²) < 4.78 is 10.1. The molecule has 0 radical (unpaired) electrons. The van der Waals surface area contributed by atoms with Gasteiger partial charge in [0.2, 0.25) is 11.8 Å². The first kappa shape index (κ1) is 24.9. The normalized spacial score (nSPS) is 14.6. The van der Waals surface area contributed by atoms with Crippen molar-refractivity contribution in [1.29, 1.82) is 0 Å². The number of rotatable bonds is 10. The SMILES string of the molecule is CCOC(=O)CN(C(=O)CNC(=O)c1ccco1)[C@@H](C(=O)NC1CCCCC1)c1cccnc1. The summed E-state index contributed by atoms with van der Waals surface area (Å²) in [6.45, 7) is 0.886. The molecule has 1 atom stereocenters. The highest BCUT2D eigenvalue weighted by molar-refractivity contribution is 5.96. The Morgan fingerprint density at radius 2 is 1.97 bits per heavy atom. The lowest BCUT2D eigenvalue weighted by atomic mass is 9.95. The first-order valence-corrected chi connectivity index (χ1v) is 11.5. The van der Waals surface area contributed by atoms with Crippen LogP contribution in [0.4, 0.5) is 0 Å². The van der Waals surface area contributed by atoms with E-state index in [1.165, 1.54) is 18.5 Å². The van der Waals surface area contributed by atoms with Crippen LogP contribution >= 0.6 is 0 Å². The van der Waals surface area contributed by atoms with E-state index in [9.17, 15) is 19.2 Å². The minimum atomic E-state index is -1.12. The van der Waals surface area contributed by atoms with Gasteiger partial charge in [0.25, 0.3) is 5.91 Å². The minimum absolute atomic E-state index is 0.00128. The number of pyridine rings is 1. The number of amides is 3. The standard InChI is InChI=1S/C24H30N4O6/c1-2-33-21(30)16-28(20(29)15-26-23(31)19-11-7-13-34-19)22(17-8-6-12-25-14-17)24(32)27-18-9-4-3-5-10-18/h6-8,11-14,18,22H,2-5,9-10,15-16H2,1H3,(H,26,31)(H,27,32)/t22-/m1/s1. The van der Waals surface area contributed by atoms with Gasteiger partial charge in [0, 0.05) is 24.0 Å². The van der Waals surface area contributed by atoms with Crippen LogP contribution in [0.15, 0.2) is 47.3 Å². The number of furan rings is 1. The summed E-state index contributed by atoms with van der Waals surface area (Å²) in [6.07, 6.45) is 9.27. The lowest BCUT2D eigenvalue weighted by molar-refractivity contribution is -0.152. The number of aromatic nitrogens is 1. The molecule has 0 aliphatic heterocycles. The third-order valence-corrected chi connectivity index (χ3v) is 5.58. The van der Waals surface area contributed by atoms with Crippen LogP contribution in [0, 0.1) is 0 Å². The van der Waals surface area contributed by atoms with Crippen molar-refractivity contribution in [3.8, 4) is 0 Å². The Morgan fingerprint density at radius 3 is 2.62 bits per heavy atom. The molecule has 0 bridgehead atoms. The zero-order valence-corrected chi connectivity index (χ0v) is 19.2. The summed E-state index contributed by atoms with van der Waals surface area (Å²) in [5, 5.41) is 5.50. The van der Waals surface area contributed by atoms with Crippen molar-refractivity contribution in [1.82, 2.24) is 20.5 Å². The predicted molar refractivity (Wildman–Crippen MR) is 121 cm³/mol. The van der Waals surface area contributed by atoms with Crippen molar-refractivity contribution >= 4 is 23.7 Å². The van der Waals surface area contributed by atoms with Gasteiger partial charge in [0.15, 0.2) is 5.76 Å². The zero-order valence-electron chi connectivity index (χ0n) is 19.2. The minimum Gasteiger partial charge on any atom is -0.465 e. The van der Waals surface area contributed by atoms with E-state index in [2.05, 4.69) is 15.6 Å². The lowest BCUT2D eigenvalue weighted by Gasteiger charge is -2.32. The fourth-order valence-corrected chi connectivity index (χ4v) is 3.96. The van der Waals surface area contributed by atoms with Crippen LogP contribution in [-0.4, -0.2) is 59.3 Å². The molecule has 3 amide bonds. The summed E-state index contributed by atoms with van der Waals surface area (Å²) in [6, 6.07) is 5.23. The molecular formula is C24H30N4O6. The van der Waals surface area contributed by atoms with E-state index in [1.807, 2.05) is 0 Å². The molecule has 182 valence electrons. The molecule has 2 N–H and O–H groups in total. The Bertz CT molecular complexity index is 957. The lowest BCUT2D eigenvalue weighted by Crippen LogP contribution is -2.51. The first-order chi connectivity index (χ1) is 16.5. The number of carbonyl (C=O) groups excluding carboxylic acids is 4. The summed E-state index contributed by atoms with van der Waals surface area (Å²) >= 11 is 0. The van der Waals surface area contributed by atoms with Crippen molar-refractivity contribution in [2.24, 2.45) is 0 Å². The summed E-state index contributed by atoms with van der Waals surface area (Å²) in [7, 11) is 0. The van der Waals surface area contributed by atoms with Crippen LogP contribution < -0.4 is 10.6 Å². The first-order valence-electron chi connectivity index (χ1n) is 11.5. The molecule has 0 unspecified atom stereocenters. The Labute approximate surface area is 198 Å². The van der Waals surface area contributed by atoms with E-state index in [1.54, 1.807) is 31.3 Å². The molecule has 1 aliphatic carbocycles. The Hall–Kier alpha value is -3.69. The molecule has 34 heavy (non-hydrogen) atoms. The second-order valence-corrected chi connectivity index (χ2v) is 8.02. The van der Waals surface area contributed by atoms with Crippen LogP contribution in [0.5, 0.6) is 0 Å². The summed E-state index contributed by atoms with van der Waals surface area (Å²) in [4.78, 5) is 56.5. The van der Waals surface area contributed by atoms with Crippen molar-refractivity contribution in [3.63, 3.8) is 0 Å². The maximum absolute atomic E-state index is 13.4. The molecule has 10 nitrogen and oxygen atoms in total. The van der Waals surface area contributed by atoms with Crippen molar-refractivity contribution in [3.05, 3.63) is 54.2 Å². The largest absolute Gasteiger partial charge is 0.465 e. The van der Waals surface area contributed by atoms with Gasteiger partial charge in [-0.25, -0.2) is 0 Å². The topological polar surface area (TPSA) is 131 Å². The molecule has 1 fully saturated rings. The molecule has 0 saturated heterocycles. The van der Waals surface area contributed by atoms with E-state index < -0.39 is 42.8 Å². The molecule has 10 heteroatoms. The van der Waals surface area contributed by atoms with Gasteiger partial charge in [-0.15, -0.1) is 0 Å². The van der Waals surface area contributed by atoms with Gasteiger partial charge in [-0.1, -0.05) is 25.3 Å². The Kier molecular flexibility index (Phi) is 9.19. The summed E-state index contributed by atoms with van der Waals surface area (Å²) in [5.41, 5.74) is 0.450. The number of esters is 1. The summed E-state index contributed by atoms with van der Waals surface area (Å²) in [5.74, 6) is -2.23. The molecule has 2 heterocycles. The maximum atomic E-state index is 13.4. The predicted octanol–water partition coefficient (Wildman–Crippen LogP) is 1.99. The molecule has 1 saturated carbocycles. The van der Waals surface area contributed by atoms with Crippen LogP contribution in [0.2, 0.25) is 0 Å².